The number of aromatic nitrogens is 1. The summed E-state index contributed by atoms with van der Waals surface area (Å²) >= 11 is 0. The number of hydrogen-bond acceptors (Lipinski definition) is 6. The van der Waals surface area contributed by atoms with Gasteiger partial charge in [-0.1, -0.05) is 84.0 Å². The Morgan fingerprint density at radius 1 is 0.900 bits per heavy atom. The van der Waals surface area contributed by atoms with Gasteiger partial charge in [0.1, 0.15) is 24.1 Å². The summed E-state index contributed by atoms with van der Waals surface area (Å²) < 4.78 is 17.7. The predicted octanol–water partition coefficient (Wildman–Crippen LogP) is 5.79. The lowest BCUT2D eigenvalue weighted by Gasteiger charge is -2.40. The molecule has 1 amide bonds. The van der Waals surface area contributed by atoms with Crippen molar-refractivity contribution in [2.24, 2.45) is 0 Å². The van der Waals surface area contributed by atoms with E-state index in [0.29, 0.717) is 31.1 Å². The molecular formula is C33H29N2O5-. The molecule has 6 rings (SSSR count). The molecule has 1 saturated heterocycles. The maximum absolute atomic E-state index is 11.6. The van der Waals surface area contributed by atoms with Gasteiger partial charge < -0.3 is 28.8 Å². The van der Waals surface area contributed by atoms with E-state index in [4.69, 9.17) is 14.0 Å². The lowest BCUT2D eigenvalue weighted by Crippen LogP contribution is -2.51. The van der Waals surface area contributed by atoms with Crippen LogP contribution in [-0.2, 0) is 18.0 Å². The van der Waals surface area contributed by atoms with Crippen LogP contribution in [0.1, 0.15) is 29.2 Å². The minimum absolute atomic E-state index is 0.0489. The molecule has 2 unspecified atom stereocenters. The minimum atomic E-state index is -1.16. The number of likely N-dealkylation sites (tertiary alicyclic amines) is 1. The molecule has 0 N–H and O–H groups in total. The van der Waals surface area contributed by atoms with E-state index in [0.717, 1.165) is 27.8 Å². The summed E-state index contributed by atoms with van der Waals surface area (Å²) in [7, 11) is 0. The molecule has 0 bridgehead atoms. The zero-order valence-corrected chi connectivity index (χ0v) is 21.9. The fraction of sp³-hybridized carbons (Fsp3) is 0.212. The van der Waals surface area contributed by atoms with Crippen molar-refractivity contribution in [3.8, 4) is 17.0 Å². The molecule has 7 heteroatoms. The Kier molecular flexibility index (Phi) is 7.46. The Labute approximate surface area is 232 Å². The average Bonchev–Trinajstić information content (AvgIpc) is 3.49. The molecule has 1 aromatic heterocycles. The molecule has 0 spiro atoms. The van der Waals surface area contributed by atoms with E-state index in [1.807, 2.05) is 72.8 Å². The standard InChI is InChI=1S/C33H30N2O5/c36-33(37)35-17-16-30(32(20-35)39-21-23-10-11-24-6-4-5-9-27(24)18-23)25-12-14-28(15-13-25)38-22-29-19-31(34-40-29)26-7-2-1-3-8-26/h1-15,18-19,30,32H,16-17,20-22H2,(H,36,37)/p-1. The number of piperidine rings is 1. The van der Waals surface area contributed by atoms with E-state index < -0.39 is 6.09 Å². The monoisotopic (exact) mass is 533 g/mol. The van der Waals surface area contributed by atoms with E-state index in [1.165, 1.54) is 10.3 Å². The minimum Gasteiger partial charge on any atom is -0.530 e. The van der Waals surface area contributed by atoms with Crippen molar-refractivity contribution < 1.29 is 23.9 Å². The molecular weight excluding hydrogens is 504 g/mol. The van der Waals surface area contributed by atoms with Gasteiger partial charge in [-0.15, -0.1) is 0 Å². The van der Waals surface area contributed by atoms with Crippen LogP contribution in [0.5, 0.6) is 5.75 Å². The van der Waals surface area contributed by atoms with Crippen molar-refractivity contribution in [2.45, 2.75) is 31.7 Å². The number of fused-ring (bicyclic) bond motifs is 1. The molecule has 4 aromatic carbocycles. The van der Waals surface area contributed by atoms with Crippen LogP contribution in [0.15, 0.2) is 108 Å². The van der Waals surface area contributed by atoms with Gasteiger partial charge in [0.2, 0.25) is 0 Å². The summed E-state index contributed by atoms with van der Waals surface area (Å²) in [6.45, 7) is 1.35. The number of benzene rings is 4. The van der Waals surface area contributed by atoms with Gasteiger partial charge in [0, 0.05) is 30.6 Å². The normalized spacial score (nSPS) is 17.1. The van der Waals surface area contributed by atoms with E-state index in [9.17, 15) is 9.90 Å². The molecule has 7 nitrogen and oxygen atoms in total. The van der Waals surface area contributed by atoms with Crippen LogP contribution in [0.4, 0.5) is 4.79 Å². The van der Waals surface area contributed by atoms with Gasteiger partial charge in [0.25, 0.3) is 0 Å². The second-order valence-electron chi connectivity index (χ2n) is 10.0. The number of carbonyl (C=O) groups excluding carboxylic acids is 1. The van der Waals surface area contributed by atoms with Crippen LogP contribution in [-0.4, -0.2) is 35.3 Å². The number of nitrogens with zero attached hydrogens (tertiary/aromatic N) is 2. The SMILES string of the molecule is O=C([O-])N1CCC(c2ccc(OCc3cc(-c4ccccc4)no3)cc2)C(OCc2ccc3ccccc3c2)C1. The van der Waals surface area contributed by atoms with Crippen LogP contribution in [0.2, 0.25) is 0 Å². The first kappa shape index (κ1) is 25.6. The smallest absolute Gasteiger partial charge is 0.174 e. The quantitative estimate of drug-likeness (QED) is 0.251. The van der Waals surface area contributed by atoms with Gasteiger partial charge in [-0.2, -0.15) is 0 Å². The first-order valence-corrected chi connectivity index (χ1v) is 13.4. The molecule has 0 saturated carbocycles. The van der Waals surface area contributed by atoms with Gasteiger partial charge in [0.05, 0.1) is 12.7 Å². The van der Waals surface area contributed by atoms with Crippen LogP contribution in [0.3, 0.4) is 0 Å². The number of amides is 1. The number of carboxylic acid groups (broad SMARTS) is 1. The van der Waals surface area contributed by atoms with Gasteiger partial charge in [0.15, 0.2) is 5.76 Å². The molecule has 0 aliphatic carbocycles. The lowest BCUT2D eigenvalue weighted by atomic mass is 9.87. The van der Waals surface area contributed by atoms with E-state index in [-0.39, 0.29) is 25.2 Å². The Balaban J connectivity index is 1.11. The van der Waals surface area contributed by atoms with Crippen molar-refractivity contribution in [1.29, 1.82) is 0 Å². The first-order chi connectivity index (χ1) is 19.6. The van der Waals surface area contributed by atoms with E-state index in [1.54, 1.807) is 0 Å². The maximum Gasteiger partial charge on any atom is 0.174 e. The highest BCUT2D eigenvalue weighted by Crippen LogP contribution is 2.32. The molecule has 1 aliphatic rings. The Morgan fingerprint density at radius 2 is 1.68 bits per heavy atom. The highest BCUT2D eigenvalue weighted by Gasteiger charge is 2.31. The summed E-state index contributed by atoms with van der Waals surface area (Å²) in [5.41, 5.74) is 3.89. The third-order valence-corrected chi connectivity index (χ3v) is 7.41. The second-order valence-corrected chi connectivity index (χ2v) is 10.0. The summed E-state index contributed by atoms with van der Waals surface area (Å²) in [6, 6.07) is 34.1. The van der Waals surface area contributed by atoms with E-state index in [2.05, 4.69) is 35.5 Å². The summed E-state index contributed by atoms with van der Waals surface area (Å²) in [5, 5.41) is 18.1. The summed E-state index contributed by atoms with van der Waals surface area (Å²) in [4.78, 5) is 12.9. The predicted molar refractivity (Wildman–Crippen MR) is 150 cm³/mol. The lowest BCUT2D eigenvalue weighted by molar-refractivity contribution is -0.268. The molecule has 1 fully saturated rings. The number of carbonyl (C=O) groups is 1. The molecule has 40 heavy (non-hydrogen) atoms. The van der Waals surface area contributed by atoms with Gasteiger partial charge in [-0.25, -0.2) is 0 Å². The molecule has 202 valence electrons. The Bertz CT molecular complexity index is 1580. The van der Waals surface area contributed by atoms with Crippen molar-refractivity contribution >= 4 is 16.9 Å². The first-order valence-electron chi connectivity index (χ1n) is 13.4. The van der Waals surface area contributed by atoms with Crippen molar-refractivity contribution in [3.05, 3.63) is 120 Å². The van der Waals surface area contributed by atoms with Gasteiger partial charge in [-0.05, 0) is 46.5 Å². The van der Waals surface area contributed by atoms with Gasteiger partial charge >= 0.3 is 0 Å². The second kappa shape index (κ2) is 11.6. The third kappa shape index (κ3) is 5.84. The fourth-order valence-electron chi connectivity index (χ4n) is 5.26. The third-order valence-electron chi connectivity index (χ3n) is 7.41. The molecule has 2 heterocycles. The largest absolute Gasteiger partial charge is 0.530 e. The molecule has 2 atom stereocenters. The molecule has 1 aliphatic heterocycles. The Morgan fingerprint density at radius 3 is 2.48 bits per heavy atom. The molecule has 5 aromatic rings. The highest BCUT2D eigenvalue weighted by molar-refractivity contribution is 5.82. The maximum atomic E-state index is 11.6. The fourth-order valence-corrected chi connectivity index (χ4v) is 5.26. The van der Waals surface area contributed by atoms with Crippen molar-refractivity contribution in [1.82, 2.24) is 10.1 Å². The molecule has 0 radical (unpaired) electrons. The zero-order valence-electron chi connectivity index (χ0n) is 21.9. The van der Waals surface area contributed by atoms with E-state index >= 15 is 0 Å². The Hall–Kier alpha value is -4.62. The van der Waals surface area contributed by atoms with Crippen LogP contribution in [0.25, 0.3) is 22.0 Å². The van der Waals surface area contributed by atoms with Crippen LogP contribution in [0, 0.1) is 0 Å². The summed E-state index contributed by atoms with van der Waals surface area (Å²) in [6.07, 6.45) is -0.809. The highest BCUT2D eigenvalue weighted by atomic mass is 16.5. The number of rotatable bonds is 8. The number of hydrogen-bond donors (Lipinski definition) is 0. The summed E-state index contributed by atoms with van der Waals surface area (Å²) in [5.74, 6) is 1.40. The number of ether oxygens (including phenoxy) is 2. The zero-order chi connectivity index (χ0) is 27.3. The van der Waals surface area contributed by atoms with Crippen LogP contribution >= 0.6 is 0 Å². The van der Waals surface area contributed by atoms with Crippen LogP contribution < -0.4 is 9.84 Å². The van der Waals surface area contributed by atoms with Crippen molar-refractivity contribution in [2.75, 3.05) is 13.1 Å². The average molecular weight is 534 g/mol. The van der Waals surface area contributed by atoms with Crippen molar-refractivity contribution in [3.63, 3.8) is 0 Å². The topological polar surface area (TPSA) is 87.9 Å². The van der Waals surface area contributed by atoms with Gasteiger partial charge in [-0.3, -0.25) is 0 Å².